The van der Waals surface area contributed by atoms with Crippen molar-refractivity contribution in [2.24, 2.45) is 0 Å². The van der Waals surface area contributed by atoms with E-state index in [1.54, 1.807) is 6.08 Å². The molecule has 0 heterocycles. The Morgan fingerprint density at radius 3 is 2.33 bits per heavy atom. The fourth-order valence-electron chi connectivity index (χ4n) is 1.88. The zero-order valence-electron chi connectivity index (χ0n) is 11.5. The smallest absolute Gasteiger partial charge is 0.185 e. The summed E-state index contributed by atoms with van der Waals surface area (Å²) < 4.78 is 6.00. The van der Waals surface area contributed by atoms with E-state index in [1.807, 2.05) is 18.2 Å². The molecule has 1 rings (SSSR count). The van der Waals surface area contributed by atoms with Gasteiger partial charge in [0.1, 0.15) is 5.60 Å². The zero-order chi connectivity index (χ0) is 13.6. The van der Waals surface area contributed by atoms with Gasteiger partial charge >= 0.3 is 0 Å². The third-order valence-corrected chi connectivity index (χ3v) is 3.68. The first-order valence-electron chi connectivity index (χ1n) is 6.25. The zero-order valence-corrected chi connectivity index (χ0v) is 12.5. The fraction of sp³-hybridized carbons (Fsp3) is 0.400. The third kappa shape index (κ3) is 4.59. The van der Waals surface area contributed by atoms with Gasteiger partial charge in [-0.2, -0.15) is 0 Å². The normalized spacial score (nSPS) is 14.8. The Morgan fingerprint density at radius 1 is 1.28 bits per heavy atom. The summed E-state index contributed by atoms with van der Waals surface area (Å²) in [6.45, 7) is 10.0. The van der Waals surface area contributed by atoms with Gasteiger partial charge in [-0.1, -0.05) is 43.0 Å². The lowest BCUT2D eigenvalue weighted by molar-refractivity contribution is -0.119. The molecule has 0 fully saturated rings. The number of hydrogen-bond donors (Lipinski definition) is 0. The van der Waals surface area contributed by atoms with Crippen molar-refractivity contribution in [2.45, 2.75) is 38.1 Å². The minimum absolute atomic E-state index is 0.647. The van der Waals surface area contributed by atoms with E-state index in [9.17, 15) is 4.79 Å². The first kappa shape index (κ1) is 14.9. The van der Waals surface area contributed by atoms with Gasteiger partial charge in [0.15, 0.2) is 14.6 Å². The van der Waals surface area contributed by atoms with E-state index in [1.165, 1.54) is 5.56 Å². The van der Waals surface area contributed by atoms with Gasteiger partial charge in [-0.15, -0.1) is 0 Å². The van der Waals surface area contributed by atoms with Crippen LogP contribution in [0.25, 0.3) is 0 Å². The molecular formula is C15H22O2Si. The van der Waals surface area contributed by atoms with Gasteiger partial charge < -0.3 is 4.43 Å². The van der Waals surface area contributed by atoms with Crippen LogP contribution in [0.5, 0.6) is 0 Å². The van der Waals surface area contributed by atoms with Gasteiger partial charge in [-0.05, 0) is 38.0 Å². The maximum Gasteiger partial charge on any atom is 0.185 e. The van der Waals surface area contributed by atoms with Gasteiger partial charge in [-0.25, -0.2) is 0 Å². The Morgan fingerprint density at radius 2 is 1.89 bits per heavy atom. The van der Waals surface area contributed by atoms with Gasteiger partial charge in [0.2, 0.25) is 0 Å². The summed E-state index contributed by atoms with van der Waals surface area (Å²) >= 11 is 0. The van der Waals surface area contributed by atoms with Gasteiger partial charge in [0, 0.05) is 0 Å². The molecule has 0 saturated carbocycles. The van der Waals surface area contributed by atoms with E-state index in [4.69, 9.17) is 4.43 Å². The second-order valence-electron chi connectivity index (χ2n) is 5.48. The lowest BCUT2D eigenvalue weighted by Gasteiger charge is -2.32. The predicted molar refractivity (Wildman–Crippen MR) is 78.2 cm³/mol. The van der Waals surface area contributed by atoms with Crippen LogP contribution in [-0.4, -0.2) is 20.2 Å². The standard InChI is InChI=1S/C15H22O2Si/c1-5-15(13-16,17-18(2,3)4)12-11-14-9-7-6-8-10-14/h5-10,13H,1,11-12H2,2-4H3. The Balaban J connectivity index is 2.74. The molecule has 1 atom stereocenters. The largest absolute Gasteiger partial charge is 0.402 e. The highest BCUT2D eigenvalue weighted by Crippen LogP contribution is 2.23. The van der Waals surface area contributed by atoms with E-state index in [0.717, 1.165) is 12.7 Å². The molecule has 0 aromatic heterocycles. The maximum absolute atomic E-state index is 11.4. The van der Waals surface area contributed by atoms with E-state index in [2.05, 4.69) is 38.4 Å². The average Bonchev–Trinajstić information content (AvgIpc) is 2.34. The van der Waals surface area contributed by atoms with E-state index >= 15 is 0 Å². The Hall–Kier alpha value is -1.19. The summed E-state index contributed by atoms with van der Waals surface area (Å²) in [5.41, 5.74) is 0.380. The number of carbonyl (C=O) groups excluding carboxylic acids is 1. The summed E-state index contributed by atoms with van der Waals surface area (Å²) in [4.78, 5) is 11.4. The van der Waals surface area contributed by atoms with Crippen molar-refractivity contribution in [3.63, 3.8) is 0 Å². The molecule has 98 valence electrons. The lowest BCUT2D eigenvalue weighted by Crippen LogP contribution is -2.43. The molecule has 0 bridgehead atoms. The molecule has 0 spiro atoms. The number of benzene rings is 1. The summed E-state index contributed by atoms with van der Waals surface area (Å²) in [6, 6.07) is 10.1. The fourth-order valence-corrected chi connectivity index (χ4v) is 3.25. The number of carbonyl (C=O) groups is 1. The molecular weight excluding hydrogens is 240 g/mol. The molecule has 18 heavy (non-hydrogen) atoms. The van der Waals surface area contributed by atoms with Gasteiger partial charge in [0.05, 0.1) is 0 Å². The molecule has 0 radical (unpaired) electrons. The Labute approximate surface area is 111 Å². The van der Waals surface area contributed by atoms with Crippen molar-refractivity contribution >= 4 is 14.6 Å². The lowest BCUT2D eigenvalue weighted by atomic mass is 9.96. The van der Waals surface area contributed by atoms with Crippen LogP contribution < -0.4 is 0 Å². The quantitative estimate of drug-likeness (QED) is 0.426. The minimum atomic E-state index is -1.78. The van der Waals surface area contributed by atoms with Crippen molar-refractivity contribution in [3.05, 3.63) is 48.6 Å². The molecule has 0 aliphatic carbocycles. The number of aldehydes is 1. The molecule has 0 aliphatic rings. The van der Waals surface area contributed by atoms with Crippen LogP contribution in [0, 0.1) is 0 Å². The summed E-state index contributed by atoms with van der Waals surface area (Å²) in [5.74, 6) is 0. The number of aryl methyl sites for hydroxylation is 1. The molecule has 1 unspecified atom stereocenters. The molecule has 1 aromatic carbocycles. The number of rotatable bonds is 7. The summed E-state index contributed by atoms with van der Waals surface area (Å²) in [7, 11) is -1.78. The van der Waals surface area contributed by atoms with Crippen LogP contribution in [0.3, 0.4) is 0 Å². The van der Waals surface area contributed by atoms with Crippen molar-refractivity contribution in [1.82, 2.24) is 0 Å². The van der Waals surface area contributed by atoms with Gasteiger partial charge in [0.25, 0.3) is 0 Å². The van der Waals surface area contributed by atoms with Crippen LogP contribution in [0.1, 0.15) is 12.0 Å². The van der Waals surface area contributed by atoms with Crippen LogP contribution in [0.4, 0.5) is 0 Å². The third-order valence-electron chi connectivity index (χ3n) is 2.69. The maximum atomic E-state index is 11.4. The molecule has 0 amide bonds. The van der Waals surface area contributed by atoms with E-state index < -0.39 is 13.9 Å². The minimum Gasteiger partial charge on any atom is -0.402 e. The Bertz CT molecular complexity index is 385. The summed E-state index contributed by atoms with van der Waals surface area (Å²) in [5, 5.41) is 0. The molecule has 0 aliphatic heterocycles. The van der Waals surface area contributed by atoms with Crippen molar-refractivity contribution < 1.29 is 9.22 Å². The predicted octanol–water partition coefficient (Wildman–Crippen LogP) is 3.59. The SMILES string of the molecule is C=CC(C=O)(CCc1ccccc1)O[Si](C)(C)C. The second-order valence-corrected chi connectivity index (χ2v) is 9.91. The van der Waals surface area contributed by atoms with Crippen LogP contribution in [-0.2, 0) is 15.6 Å². The highest BCUT2D eigenvalue weighted by molar-refractivity contribution is 6.70. The highest BCUT2D eigenvalue weighted by Gasteiger charge is 2.32. The van der Waals surface area contributed by atoms with Crippen LogP contribution in [0.2, 0.25) is 19.6 Å². The first-order valence-corrected chi connectivity index (χ1v) is 9.66. The number of hydrogen-bond acceptors (Lipinski definition) is 2. The van der Waals surface area contributed by atoms with Crippen molar-refractivity contribution in [1.29, 1.82) is 0 Å². The monoisotopic (exact) mass is 262 g/mol. The molecule has 0 N–H and O–H groups in total. The highest BCUT2D eigenvalue weighted by atomic mass is 28.4. The van der Waals surface area contributed by atoms with Crippen LogP contribution in [0.15, 0.2) is 43.0 Å². The van der Waals surface area contributed by atoms with Gasteiger partial charge in [-0.3, -0.25) is 4.79 Å². The van der Waals surface area contributed by atoms with Crippen molar-refractivity contribution in [3.8, 4) is 0 Å². The topological polar surface area (TPSA) is 26.3 Å². The van der Waals surface area contributed by atoms with Crippen molar-refractivity contribution in [2.75, 3.05) is 0 Å². The molecule has 3 heteroatoms. The first-order chi connectivity index (χ1) is 8.41. The Kier molecular flexibility index (Phi) is 5.05. The second kappa shape index (κ2) is 6.11. The average molecular weight is 262 g/mol. The molecule has 1 aromatic rings. The molecule has 2 nitrogen and oxygen atoms in total. The van der Waals surface area contributed by atoms with Crippen LogP contribution >= 0.6 is 0 Å². The van der Waals surface area contributed by atoms with E-state index in [-0.39, 0.29) is 0 Å². The van der Waals surface area contributed by atoms with E-state index in [0.29, 0.717) is 6.42 Å². The molecule has 0 saturated heterocycles. The summed E-state index contributed by atoms with van der Waals surface area (Å²) in [6.07, 6.45) is 3.99.